The lowest BCUT2D eigenvalue weighted by molar-refractivity contribution is -0.133. The van der Waals surface area contributed by atoms with Crippen LogP contribution >= 0.6 is 35.5 Å². The van der Waals surface area contributed by atoms with Gasteiger partial charge in [0.1, 0.15) is 35.2 Å². The molecule has 1 aliphatic rings. The molecule has 0 bridgehead atoms. The molecule has 0 saturated carbocycles. The average molecular weight is 527 g/mol. The zero-order valence-corrected chi connectivity index (χ0v) is 18.2. The van der Waals surface area contributed by atoms with Crippen LogP contribution in [0.1, 0.15) is 6.23 Å². The maximum atomic E-state index is 11.7. The van der Waals surface area contributed by atoms with Gasteiger partial charge in [-0.15, -0.1) is 0 Å². The number of imidazole rings is 1. The molecule has 30 heavy (non-hydrogen) atoms. The van der Waals surface area contributed by atoms with Crippen molar-refractivity contribution in [3.8, 4) is 0 Å². The largest absolute Gasteiger partial charge is 0.469 e. The van der Waals surface area contributed by atoms with E-state index in [2.05, 4.69) is 35.4 Å². The Bertz CT molecular complexity index is 1000. The summed E-state index contributed by atoms with van der Waals surface area (Å²) in [5.41, 5.74) is 0.501. The number of fused-ring (bicyclic) bond motifs is 1. The molecular weight excluding hydrogens is 511 g/mol. The second-order valence-corrected chi connectivity index (χ2v) is 8.87. The fraction of sp³-hybridized carbons (Fsp3) is 0.500. The van der Waals surface area contributed by atoms with Gasteiger partial charge in [-0.1, -0.05) is 27.7 Å². The number of hydrogen-bond donors (Lipinski definition) is 4. The van der Waals surface area contributed by atoms with Crippen molar-refractivity contribution < 1.29 is 43.4 Å². The fourth-order valence-corrected chi connectivity index (χ4v) is 4.16. The number of thioether (sulfide) groups is 1. The Hall–Kier alpha value is -1.29. The smallest absolute Gasteiger partial charge is 0.387 e. The minimum Gasteiger partial charge on any atom is -0.387 e. The van der Waals surface area contributed by atoms with E-state index in [1.807, 2.05) is 0 Å². The Morgan fingerprint density at radius 2 is 1.97 bits per heavy atom. The molecule has 13 nitrogen and oxygen atoms in total. The maximum absolute atomic E-state index is 11.7. The number of carbonyl (C=O) groups is 2. The predicted octanol–water partition coefficient (Wildman–Crippen LogP) is -0.820. The lowest BCUT2D eigenvalue weighted by Crippen LogP contribution is -2.33. The molecule has 3 rings (SSSR count). The molecule has 164 valence electrons. The molecule has 1 unspecified atom stereocenters. The van der Waals surface area contributed by atoms with Gasteiger partial charge < -0.3 is 24.7 Å². The van der Waals surface area contributed by atoms with Crippen molar-refractivity contribution in [1.82, 2.24) is 19.5 Å². The van der Waals surface area contributed by atoms with Crippen molar-refractivity contribution in [1.29, 1.82) is 0 Å². The van der Waals surface area contributed by atoms with E-state index >= 15 is 0 Å². The van der Waals surface area contributed by atoms with Crippen LogP contribution in [-0.2, 0) is 23.4 Å². The van der Waals surface area contributed by atoms with Gasteiger partial charge in [0.05, 0.1) is 24.0 Å². The molecule has 2 aromatic heterocycles. The second kappa shape index (κ2) is 9.46. The van der Waals surface area contributed by atoms with Crippen molar-refractivity contribution in [2.45, 2.75) is 29.6 Å². The number of hydrogen-bond acceptors (Lipinski definition) is 11. The third-order valence-corrected chi connectivity index (χ3v) is 6.09. The van der Waals surface area contributed by atoms with E-state index in [0.717, 1.165) is 11.8 Å². The van der Waals surface area contributed by atoms with Gasteiger partial charge in [0.15, 0.2) is 11.9 Å². The number of aliphatic hydroxyl groups excluding tert-OH is 2. The summed E-state index contributed by atoms with van der Waals surface area (Å²) in [6.07, 6.45) is -2.84. The van der Waals surface area contributed by atoms with E-state index in [-0.39, 0.29) is 22.2 Å². The summed E-state index contributed by atoms with van der Waals surface area (Å²) in [5.74, 6) is -1.31. The number of phosphoric ester groups is 1. The molecule has 1 fully saturated rings. The van der Waals surface area contributed by atoms with Crippen molar-refractivity contribution >= 4 is 58.2 Å². The summed E-state index contributed by atoms with van der Waals surface area (Å²) in [5, 5.41) is 20.7. The first-order valence-corrected chi connectivity index (χ1v) is 11.9. The van der Waals surface area contributed by atoms with Crippen LogP contribution in [0.25, 0.3) is 11.2 Å². The first-order chi connectivity index (χ1) is 14.1. The zero-order chi connectivity index (χ0) is 22.1. The maximum Gasteiger partial charge on any atom is 0.469 e. The summed E-state index contributed by atoms with van der Waals surface area (Å²) in [4.78, 5) is 53.0. The van der Waals surface area contributed by atoms with Crippen LogP contribution in [0.4, 0.5) is 0 Å². The number of ketones is 2. The standard InChI is InChI=1S/C14H16BrN4O9PS/c15-1-6(20)7(21)3-30-13-9-12(16-4-17-13)19(5-18-9)14-11(23)10(22)8(28-14)2-27-29(24,25)26/h4-5,8,10-11,14,22-23H,1-3H2,(H2,24,25,26)/t8-,10-,11-,14?/m1/s1. The molecule has 0 radical (unpaired) electrons. The summed E-state index contributed by atoms with van der Waals surface area (Å²) in [6, 6.07) is 0. The second-order valence-electron chi connectivity index (χ2n) is 6.10. The fourth-order valence-electron chi connectivity index (χ4n) is 2.68. The highest BCUT2D eigenvalue weighted by atomic mass is 79.9. The van der Waals surface area contributed by atoms with Gasteiger partial charge in [0.2, 0.25) is 11.6 Å². The molecule has 0 aliphatic carbocycles. The number of aliphatic hydroxyl groups is 2. The molecule has 0 aromatic carbocycles. The molecule has 0 amide bonds. The van der Waals surface area contributed by atoms with Crippen LogP contribution in [0.15, 0.2) is 17.7 Å². The third kappa shape index (κ3) is 5.12. The molecule has 1 aliphatic heterocycles. The van der Waals surface area contributed by atoms with E-state index in [9.17, 15) is 24.4 Å². The van der Waals surface area contributed by atoms with Gasteiger partial charge in [-0.2, -0.15) is 0 Å². The zero-order valence-electron chi connectivity index (χ0n) is 14.9. The van der Waals surface area contributed by atoms with Crippen molar-refractivity contribution in [2.24, 2.45) is 0 Å². The highest BCUT2D eigenvalue weighted by molar-refractivity contribution is 9.09. The van der Waals surface area contributed by atoms with E-state index in [1.165, 1.54) is 17.2 Å². The normalized spacial score (nSPS) is 24.4. The van der Waals surface area contributed by atoms with Gasteiger partial charge in [0.25, 0.3) is 0 Å². The van der Waals surface area contributed by atoms with Gasteiger partial charge in [-0.05, 0) is 0 Å². The number of alkyl halides is 1. The first kappa shape index (κ1) is 23.4. The monoisotopic (exact) mass is 526 g/mol. The summed E-state index contributed by atoms with van der Waals surface area (Å²) in [6.45, 7) is -0.647. The number of phosphoric acid groups is 1. The quantitative estimate of drug-likeness (QED) is 0.104. The predicted molar refractivity (Wildman–Crippen MR) is 104 cm³/mol. The van der Waals surface area contributed by atoms with Crippen molar-refractivity contribution in [3.63, 3.8) is 0 Å². The van der Waals surface area contributed by atoms with Crippen LogP contribution in [0.3, 0.4) is 0 Å². The van der Waals surface area contributed by atoms with E-state index in [4.69, 9.17) is 14.5 Å². The Labute approximate surface area is 181 Å². The SMILES string of the molecule is O=C(CBr)C(=O)CSc1ncnc2c1ncn2C1O[C@H](COP(=O)(O)O)[C@@H](O)[C@H]1O. The topological polar surface area (TPSA) is 194 Å². The molecular formula is C14H16BrN4O9PS. The van der Waals surface area contributed by atoms with Crippen molar-refractivity contribution in [2.75, 3.05) is 17.7 Å². The number of ether oxygens (including phenoxy) is 1. The highest BCUT2D eigenvalue weighted by Crippen LogP contribution is 2.39. The molecule has 4 atom stereocenters. The third-order valence-electron chi connectivity index (χ3n) is 4.12. The molecule has 1 saturated heterocycles. The number of rotatable bonds is 9. The Morgan fingerprint density at radius 1 is 1.23 bits per heavy atom. The van der Waals surface area contributed by atoms with Crippen molar-refractivity contribution in [3.05, 3.63) is 12.7 Å². The van der Waals surface area contributed by atoms with Gasteiger partial charge in [-0.3, -0.25) is 18.7 Å². The van der Waals surface area contributed by atoms with Crippen LogP contribution < -0.4 is 0 Å². The average Bonchev–Trinajstić information content (AvgIpc) is 3.25. The van der Waals surface area contributed by atoms with Crippen LogP contribution in [0.2, 0.25) is 0 Å². The number of halogens is 1. The van der Waals surface area contributed by atoms with Crippen LogP contribution in [0.5, 0.6) is 0 Å². The van der Waals surface area contributed by atoms with Crippen LogP contribution in [0, 0.1) is 0 Å². The minimum absolute atomic E-state index is 0.0770. The van der Waals surface area contributed by atoms with E-state index in [0.29, 0.717) is 5.03 Å². The summed E-state index contributed by atoms with van der Waals surface area (Å²) >= 11 is 3.92. The number of carbonyl (C=O) groups excluding carboxylic acids is 2. The summed E-state index contributed by atoms with van der Waals surface area (Å²) in [7, 11) is -4.79. The molecule has 3 heterocycles. The lowest BCUT2D eigenvalue weighted by Gasteiger charge is -2.16. The number of aromatic nitrogens is 4. The first-order valence-electron chi connectivity index (χ1n) is 8.26. The van der Waals surface area contributed by atoms with Gasteiger partial charge in [-0.25, -0.2) is 19.5 Å². The van der Waals surface area contributed by atoms with Gasteiger partial charge >= 0.3 is 7.82 Å². The number of nitrogens with zero attached hydrogens (tertiary/aromatic N) is 4. The number of Topliss-reactive ketones (excluding diaryl/α,β-unsaturated/α-hetero) is 2. The highest BCUT2D eigenvalue weighted by Gasteiger charge is 2.45. The van der Waals surface area contributed by atoms with E-state index < -0.39 is 50.5 Å². The summed E-state index contributed by atoms with van der Waals surface area (Å²) < 4.78 is 22.0. The molecule has 4 N–H and O–H groups in total. The Balaban J connectivity index is 1.79. The van der Waals surface area contributed by atoms with E-state index in [1.54, 1.807) is 0 Å². The Kier molecular flexibility index (Phi) is 7.37. The molecule has 16 heteroatoms. The minimum atomic E-state index is -4.79. The lowest BCUT2D eigenvalue weighted by atomic mass is 10.1. The molecule has 2 aromatic rings. The Morgan fingerprint density at radius 3 is 2.63 bits per heavy atom. The van der Waals surface area contributed by atoms with Crippen LogP contribution in [-0.4, -0.2) is 87.1 Å². The van der Waals surface area contributed by atoms with Gasteiger partial charge in [0, 0.05) is 0 Å². The molecule has 0 spiro atoms.